The van der Waals surface area contributed by atoms with Gasteiger partial charge in [-0.1, -0.05) is 67.9 Å². The number of nitrogens with zero attached hydrogens (tertiary/aromatic N) is 9. The Labute approximate surface area is 451 Å². The third-order valence-electron chi connectivity index (χ3n) is 16.5. The summed E-state index contributed by atoms with van der Waals surface area (Å²) < 4.78 is 21.1. The van der Waals surface area contributed by atoms with Crippen molar-refractivity contribution in [3.05, 3.63) is 127 Å². The minimum atomic E-state index is -0.808. The lowest BCUT2D eigenvalue weighted by Gasteiger charge is -2.42. The van der Waals surface area contributed by atoms with Crippen LogP contribution in [0.2, 0.25) is 10.0 Å². The van der Waals surface area contributed by atoms with Crippen LogP contribution < -0.4 is 4.74 Å². The normalized spacial score (nSPS) is 21.7. The summed E-state index contributed by atoms with van der Waals surface area (Å²) in [4.78, 5) is 44.1. The smallest absolute Gasteiger partial charge is 0.338 e. The van der Waals surface area contributed by atoms with Crippen LogP contribution in [-0.4, -0.2) is 84.7 Å². The number of rotatable bonds is 15. The molecule has 6 heterocycles. The number of aromatic nitrogens is 8. The van der Waals surface area contributed by atoms with E-state index < -0.39 is 28.6 Å². The van der Waals surface area contributed by atoms with Gasteiger partial charge in [0.25, 0.3) is 11.6 Å². The van der Waals surface area contributed by atoms with Crippen LogP contribution in [0.4, 0.5) is 0 Å². The zero-order valence-corrected chi connectivity index (χ0v) is 44.9. The number of phenolic OH excluding ortho intramolecular Hbond substituents is 1. The minimum absolute atomic E-state index is 0.0277. The van der Waals surface area contributed by atoms with Crippen molar-refractivity contribution >= 4 is 46.7 Å². The van der Waals surface area contributed by atoms with Gasteiger partial charge in [0.2, 0.25) is 0 Å². The van der Waals surface area contributed by atoms with Gasteiger partial charge in [0.05, 0.1) is 47.2 Å². The first-order valence-electron chi connectivity index (χ1n) is 26.5. The average molecular weight is 1070 g/mol. The maximum absolute atomic E-state index is 13.4. The molecule has 4 aromatic heterocycles. The van der Waals surface area contributed by atoms with Crippen LogP contribution in [0, 0.1) is 37.0 Å². The number of aryl methyl sites for hydroxylation is 5. The van der Waals surface area contributed by atoms with E-state index in [4.69, 9.17) is 37.4 Å². The van der Waals surface area contributed by atoms with Gasteiger partial charge in [-0.05, 0) is 137 Å². The molecule has 0 radical (unpaired) electrons. The zero-order chi connectivity index (χ0) is 53.5. The first-order valence-corrected chi connectivity index (χ1v) is 27.2. The highest BCUT2D eigenvalue weighted by atomic mass is 35.5. The van der Waals surface area contributed by atoms with Gasteiger partial charge >= 0.3 is 11.9 Å². The Hall–Kier alpha value is -6.77. The number of nitriles is 1. The largest absolute Gasteiger partial charge is 0.512 e. The van der Waals surface area contributed by atoms with E-state index >= 15 is 0 Å². The molecule has 2 unspecified atom stereocenters. The first kappa shape index (κ1) is 52.7. The second-order valence-electron chi connectivity index (χ2n) is 21.4. The van der Waals surface area contributed by atoms with Crippen LogP contribution in [0.3, 0.4) is 0 Å². The molecule has 19 heteroatoms. The highest BCUT2D eigenvalue weighted by molar-refractivity contribution is 6.31. The molecule has 6 aromatic rings. The molecule has 3 fully saturated rings. The number of hydrogen-bond donors (Lipinski definition) is 3. The van der Waals surface area contributed by atoms with E-state index in [0.717, 1.165) is 97.8 Å². The first-order chi connectivity index (χ1) is 36.5. The number of phenols is 1. The molecule has 17 nitrogen and oxygen atoms in total. The molecule has 3 aliphatic carbocycles. The molecule has 398 valence electrons. The van der Waals surface area contributed by atoms with Gasteiger partial charge in [-0.25, -0.2) is 28.6 Å². The number of hydrogen-bond acceptors (Lipinski definition) is 15. The van der Waals surface area contributed by atoms with Gasteiger partial charge in [-0.3, -0.25) is 0 Å². The number of aromatic hydroxyl groups is 1. The maximum Gasteiger partial charge on any atom is 0.338 e. The second kappa shape index (κ2) is 21.3. The maximum atomic E-state index is 13.4. The summed E-state index contributed by atoms with van der Waals surface area (Å²) in [5.74, 6) is 1.83. The van der Waals surface area contributed by atoms with Crippen molar-refractivity contribution < 1.29 is 39.1 Å². The van der Waals surface area contributed by atoms with Crippen molar-refractivity contribution in [3.8, 4) is 17.6 Å². The number of methoxy groups -OCH3 is 1. The molecule has 3 N–H and O–H groups in total. The molecule has 5 aliphatic rings. The van der Waals surface area contributed by atoms with E-state index in [0.29, 0.717) is 71.1 Å². The number of cyclic esters (lactones) is 2. The monoisotopic (exact) mass is 1070 g/mol. The third-order valence-corrected chi connectivity index (χ3v) is 17.0. The topological polar surface area (TPSA) is 232 Å². The van der Waals surface area contributed by atoms with Crippen molar-refractivity contribution in [3.63, 3.8) is 0 Å². The Morgan fingerprint density at radius 1 is 0.789 bits per heavy atom. The molecular weight excluding hydrogens is 1010 g/mol. The highest BCUT2D eigenvalue weighted by Gasteiger charge is 2.50. The fourth-order valence-electron chi connectivity index (χ4n) is 12.2. The van der Waals surface area contributed by atoms with E-state index in [1.807, 2.05) is 51.1 Å². The molecule has 3 saturated carbocycles. The highest BCUT2D eigenvalue weighted by Crippen LogP contribution is 2.51. The Morgan fingerprint density at radius 3 is 1.96 bits per heavy atom. The number of aliphatic hydroxyl groups is 2. The summed E-state index contributed by atoms with van der Waals surface area (Å²) in [6, 6.07) is 13.9. The van der Waals surface area contributed by atoms with Crippen LogP contribution in [0.5, 0.6) is 11.5 Å². The van der Waals surface area contributed by atoms with Crippen molar-refractivity contribution in [2.45, 2.75) is 159 Å². The summed E-state index contributed by atoms with van der Waals surface area (Å²) in [5, 5.41) is 52.1. The number of esters is 2. The minimum Gasteiger partial charge on any atom is -0.512 e. The van der Waals surface area contributed by atoms with Crippen LogP contribution >= 0.6 is 23.2 Å². The number of ether oxygens (including phenoxy) is 3. The number of benzene rings is 2. The lowest BCUT2D eigenvalue weighted by molar-refractivity contribution is -0.168. The number of fused-ring (bicyclic) bond motifs is 2. The van der Waals surface area contributed by atoms with Crippen LogP contribution in [0.15, 0.2) is 71.5 Å². The van der Waals surface area contributed by atoms with Gasteiger partial charge in [0.15, 0.2) is 11.6 Å². The molecule has 2 atom stereocenters. The number of aliphatic hydroxyl groups excluding tert-OH is 2. The summed E-state index contributed by atoms with van der Waals surface area (Å²) in [6.07, 6.45) is 16.6. The average Bonchev–Trinajstić information content (AvgIpc) is 3.96. The van der Waals surface area contributed by atoms with E-state index in [1.54, 1.807) is 23.9 Å². The molecule has 0 bridgehead atoms. The number of carbonyl (C=O) groups excluding carboxylic acids is 2. The Kier molecular flexibility index (Phi) is 14.8. The van der Waals surface area contributed by atoms with Crippen molar-refractivity contribution in [2.75, 3.05) is 7.11 Å². The summed E-state index contributed by atoms with van der Waals surface area (Å²) in [5.41, 5.74) is 3.84. The van der Waals surface area contributed by atoms with Crippen LogP contribution in [0.1, 0.15) is 142 Å². The molecule has 76 heavy (non-hydrogen) atoms. The molecule has 2 aromatic carbocycles. The van der Waals surface area contributed by atoms with Gasteiger partial charge < -0.3 is 29.5 Å². The predicted molar refractivity (Wildman–Crippen MR) is 282 cm³/mol. The van der Waals surface area contributed by atoms with Crippen molar-refractivity contribution in [1.29, 1.82) is 5.26 Å². The fourth-order valence-corrected chi connectivity index (χ4v) is 12.7. The Bertz CT molecular complexity index is 3350. The summed E-state index contributed by atoms with van der Waals surface area (Å²) >= 11 is 12.6. The van der Waals surface area contributed by atoms with Crippen molar-refractivity contribution in [1.82, 2.24) is 39.2 Å². The lowest BCUT2D eigenvalue weighted by Crippen LogP contribution is -2.46. The molecule has 11 rings (SSSR count). The van der Waals surface area contributed by atoms with E-state index in [9.17, 15) is 30.2 Å². The van der Waals surface area contributed by atoms with E-state index in [1.165, 1.54) is 10.7 Å². The number of halogens is 2. The second-order valence-corrected chi connectivity index (χ2v) is 22.3. The summed E-state index contributed by atoms with van der Waals surface area (Å²) in [6.45, 7) is 5.81. The van der Waals surface area contributed by atoms with Gasteiger partial charge in [-0.2, -0.15) is 15.2 Å². The lowest BCUT2D eigenvalue weighted by atomic mass is 9.76. The van der Waals surface area contributed by atoms with E-state index in [2.05, 4.69) is 36.2 Å². The molecule has 0 saturated heterocycles. The Morgan fingerprint density at radius 2 is 1.39 bits per heavy atom. The quantitative estimate of drug-likeness (QED) is 0.0812. The molecule has 0 amide bonds. The predicted octanol–water partition coefficient (Wildman–Crippen LogP) is 10.7. The van der Waals surface area contributed by atoms with Gasteiger partial charge in [-0.15, -0.1) is 10.2 Å². The van der Waals surface area contributed by atoms with Gasteiger partial charge in [0.1, 0.15) is 34.2 Å². The standard InChI is InChI=1S/C30H32ClN5O3.C27H31ClN4O5/c1-18-13-19(2)36-28(33-18)34-26(35-36)15-22-25(37)16-30(39-27(22)38,21-5-3-4-6-21)10-9-20-7-8-23(24(31)14-20)29(17-32)11-12-29;1-3-16-10-17(23(36-2)12-21(16)33)8-9-27(18-6-4-5-7-18)13-22(34)20(25(35)37-27)11-24-30-26-29-14-19(28)15-32(26)31-24/h7-8,13-14,21,37H,3-6,9-12,15-16H2,1-2H3;10,12,14-15,18,33-34H,3-9,11,13H2,1-2H3. The summed E-state index contributed by atoms with van der Waals surface area (Å²) in [7, 11) is 1.58. The Balaban J connectivity index is 0.000000173. The molecular formula is C57H63Cl2N9O8. The van der Waals surface area contributed by atoms with Crippen LogP contribution in [-0.2, 0) is 56.6 Å². The van der Waals surface area contributed by atoms with E-state index in [-0.39, 0.29) is 65.9 Å². The SMILES string of the molecule is CCc1cc(CCC2(C3CCCC3)CC(O)=C(Cc3nc4ncc(Cl)cn4n3)C(=O)O2)c(OC)cc1O.Cc1cc(C)n2nc(CC3=C(O)CC(CCc4ccc(C5(C#N)CC5)c(Cl)c4)(C4CCCC4)OC3=O)nc2n1. The van der Waals surface area contributed by atoms with Gasteiger partial charge in [0, 0.05) is 48.2 Å². The number of carbonyl (C=O) groups is 2. The van der Waals surface area contributed by atoms with Crippen molar-refractivity contribution in [2.24, 2.45) is 11.8 Å². The van der Waals surface area contributed by atoms with Crippen LogP contribution in [0.25, 0.3) is 11.6 Å². The zero-order valence-electron chi connectivity index (χ0n) is 43.4. The third kappa shape index (κ3) is 10.5. The molecule has 0 spiro atoms. The fraction of sp³-hybridized carbons (Fsp3) is 0.491. The molecule has 2 aliphatic heterocycles.